The minimum absolute atomic E-state index is 0.142. The number of nitrogens with zero attached hydrogens (tertiary/aromatic N) is 6. The second-order valence-corrected chi connectivity index (χ2v) is 9.57. The molecule has 7 heteroatoms. The molecule has 0 amide bonds. The summed E-state index contributed by atoms with van der Waals surface area (Å²) in [6.07, 6.45) is 0. The van der Waals surface area contributed by atoms with Crippen LogP contribution in [-0.4, -0.2) is 51.3 Å². The first-order chi connectivity index (χ1) is 15.4. The zero-order valence-electron chi connectivity index (χ0n) is 19.2. The van der Waals surface area contributed by atoms with Crippen molar-refractivity contribution in [3.05, 3.63) is 71.7 Å². The Kier molecular flexibility index (Phi) is 5.21. The molecular formula is C25H30N6O. The monoisotopic (exact) mass is 430 g/mol. The van der Waals surface area contributed by atoms with Crippen LogP contribution < -0.4 is 4.90 Å². The van der Waals surface area contributed by atoms with E-state index in [0.717, 1.165) is 48.7 Å². The molecule has 1 aliphatic heterocycles. The summed E-state index contributed by atoms with van der Waals surface area (Å²) in [4.78, 5) is 4.88. The molecule has 1 atom stereocenters. The van der Waals surface area contributed by atoms with Gasteiger partial charge in [0.05, 0.1) is 5.54 Å². The van der Waals surface area contributed by atoms with E-state index in [9.17, 15) is 0 Å². The third-order valence-electron chi connectivity index (χ3n) is 6.17. The van der Waals surface area contributed by atoms with Crippen LogP contribution in [0.15, 0.2) is 59.0 Å². The molecule has 3 heterocycles. The molecule has 5 rings (SSSR count). The van der Waals surface area contributed by atoms with Crippen LogP contribution in [0.2, 0.25) is 0 Å². The fourth-order valence-corrected chi connectivity index (χ4v) is 4.44. The first kappa shape index (κ1) is 20.7. The van der Waals surface area contributed by atoms with Crippen LogP contribution in [0.3, 0.4) is 0 Å². The maximum Gasteiger partial charge on any atom is 0.176 e. The molecule has 0 N–H and O–H groups in total. The van der Waals surface area contributed by atoms with Gasteiger partial charge in [0.1, 0.15) is 17.4 Å². The Bertz CT molecular complexity index is 1160. The summed E-state index contributed by atoms with van der Waals surface area (Å²) in [6.45, 7) is 12.2. The minimum Gasteiger partial charge on any atom is -0.459 e. The maximum absolute atomic E-state index is 6.34. The minimum atomic E-state index is -0.229. The van der Waals surface area contributed by atoms with Gasteiger partial charge in [-0.2, -0.15) is 0 Å². The van der Waals surface area contributed by atoms with E-state index in [1.54, 1.807) is 0 Å². The summed E-state index contributed by atoms with van der Waals surface area (Å²) in [7, 11) is 0. The zero-order chi connectivity index (χ0) is 22.3. The van der Waals surface area contributed by atoms with Gasteiger partial charge in [-0.3, -0.25) is 4.90 Å². The Morgan fingerprint density at radius 1 is 0.938 bits per heavy atom. The summed E-state index contributed by atoms with van der Waals surface area (Å²) in [5.41, 5.74) is 3.22. The summed E-state index contributed by atoms with van der Waals surface area (Å²) in [5.74, 6) is 1.70. The highest BCUT2D eigenvalue weighted by molar-refractivity contribution is 5.77. The quantitative estimate of drug-likeness (QED) is 0.478. The van der Waals surface area contributed by atoms with E-state index in [2.05, 4.69) is 89.4 Å². The topological polar surface area (TPSA) is 63.2 Å². The molecule has 0 spiro atoms. The number of aryl methyl sites for hydroxylation is 1. The van der Waals surface area contributed by atoms with E-state index in [1.165, 1.54) is 11.3 Å². The van der Waals surface area contributed by atoms with Crippen molar-refractivity contribution in [2.75, 3.05) is 31.1 Å². The molecular weight excluding hydrogens is 400 g/mol. The average molecular weight is 431 g/mol. The Hall–Kier alpha value is -3.19. The Labute approximate surface area is 188 Å². The summed E-state index contributed by atoms with van der Waals surface area (Å²) in [6, 6.07) is 18.9. The number of rotatable bonds is 4. The lowest BCUT2D eigenvalue weighted by molar-refractivity contribution is 0.174. The lowest BCUT2D eigenvalue weighted by Gasteiger charge is -2.39. The molecule has 0 bridgehead atoms. The molecule has 2 aromatic heterocycles. The molecule has 4 aromatic rings. The van der Waals surface area contributed by atoms with Gasteiger partial charge in [-0.1, -0.05) is 35.9 Å². The highest BCUT2D eigenvalue weighted by Crippen LogP contribution is 2.34. The first-order valence-corrected chi connectivity index (χ1v) is 11.2. The van der Waals surface area contributed by atoms with Crippen LogP contribution in [0, 0.1) is 6.92 Å². The van der Waals surface area contributed by atoms with Crippen molar-refractivity contribution in [2.45, 2.75) is 39.3 Å². The normalized spacial score (nSPS) is 16.6. The summed E-state index contributed by atoms with van der Waals surface area (Å²) < 4.78 is 8.26. The van der Waals surface area contributed by atoms with Crippen molar-refractivity contribution in [1.29, 1.82) is 0 Å². The van der Waals surface area contributed by atoms with Crippen LogP contribution in [0.25, 0.3) is 11.0 Å². The van der Waals surface area contributed by atoms with Gasteiger partial charge in [-0.15, -0.1) is 5.10 Å². The molecule has 0 saturated carbocycles. The molecule has 0 radical (unpaired) electrons. The van der Waals surface area contributed by atoms with Gasteiger partial charge in [-0.05, 0) is 62.4 Å². The predicted molar refractivity (Wildman–Crippen MR) is 126 cm³/mol. The van der Waals surface area contributed by atoms with Gasteiger partial charge in [0.2, 0.25) is 0 Å². The average Bonchev–Trinajstić information content (AvgIpc) is 3.42. The summed E-state index contributed by atoms with van der Waals surface area (Å²) in [5, 5.41) is 13.9. The number of piperazine rings is 1. The van der Waals surface area contributed by atoms with Crippen molar-refractivity contribution < 1.29 is 4.42 Å². The van der Waals surface area contributed by atoms with Gasteiger partial charge in [-0.25, -0.2) is 4.68 Å². The molecule has 0 aliphatic carbocycles. The number of hydrogen-bond donors (Lipinski definition) is 0. The molecule has 1 fully saturated rings. The van der Waals surface area contributed by atoms with E-state index in [0.29, 0.717) is 0 Å². The predicted octanol–water partition coefficient (Wildman–Crippen LogP) is 4.39. The van der Waals surface area contributed by atoms with Crippen LogP contribution in [0.4, 0.5) is 5.69 Å². The SMILES string of the molecule is Cc1ccc(N2CCN(C(c3cc4ccccc4o3)c3nnnn3C(C)(C)C)CC2)cc1. The third kappa shape index (κ3) is 3.88. The number of fused-ring (bicyclic) bond motifs is 1. The number of benzene rings is 2. The second kappa shape index (κ2) is 8.06. The highest BCUT2D eigenvalue weighted by Gasteiger charge is 2.35. The Balaban J connectivity index is 1.48. The van der Waals surface area contributed by atoms with E-state index >= 15 is 0 Å². The summed E-state index contributed by atoms with van der Waals surface area (Å²) >= 11 is 0. The largest absolute Gasteiger partial charge is 0.459 e. The van der Waals surface area contributed by atoms with Gasteiger partial charge in [0, 0.05) is 37.3 Å². The number of hydrogen-bond acceptors (Lipinski definition) is 6. The number of para-hydroxylation sites is 1. The lowest BCUT2D eigenvalue weighted by Crippen LogP contribution is -2.48. The first-order valence-electron chi connectivity index (χ1n) is 11.2. The van der Waals surface area contributed by atoms with Crippen molar-refractivity contribution in [3.8, 4) is 0 Å². The van der Waals surface area contributed by atoms with Crippen LogP contribution >= 0.6 is 0 Å². The molecule has 1 aliphatic rings. The van der Waals surface area contributed by atoms with Crippen LogP contribution in [0.5, 0.6) is 0 Å². The lowest BCUT2D eigenvalue weighted by atomic mass is 10.1. The van der Waals surface area contributed by atoms with Gasteiger partial charge < -0.3 is 9.32 Å². The van der Waals surface area contributed by atoms with Gasteiger partial charge >= 0.3 is 0 Å². The Morgan fingerprint density at radius 3 is 2.34 bits per heavy atom. The van der Waals surface area contributed by atoms with Crippen molar-refractivity contribution in [2.24, 2.45) is 0 Å². The molecule has 7 nitrogen and oxygen atoms in total. The second-order valence-electron chi connectivity index (χ2n) is 9.57. The van der Waals surface area contributed by atoms with Crippen LogP contribution in [0.1, 0.15) is 44.0 Å². The fourth-order valence-electron chi connectivity index (χ4n) is 4.44. The standard InChI is InChI=1S/C25H30N6O/c1-18-9-11-20(12-10-18)29-13-15-30(16-14-29)23(24-26-27-28-31(24)25(2,3)4)22-17-19-7-5-6-8-21(19)32-22/h5-12,17,23H,13-16H2,1-4H3. The van der Waals surface area contributed by atoms with E-state index in [1.807, 2.05) is 22.9 Å². The fraction of sp³-hybridized carbons (Fsp3) is 0.400. The van der Waals surface area contributed by atoms with Crippen molar-refractivity contribution in [1.82, 2.24) is 25.1 Å². The van der Waals surface area contributed by atoms with Gasteiger partial charge in [0.15, 0.2) is 5.82 Å². The Morgan fingerprint density at radius 2 is 1.66 bits per heavy atom. The third-order valence-corrected chi connectivity index (χ3v) is 6.17. The smallest absolute Gasteiger partial charge is 0.176 e. The van der Waals surface area contributed by atoms with E-state index in [-0.39, 0.29) is 11.6 Å². The number of furan rings is 1. The van der Waals surface area contributed by atoms with Crippen LogP contribution in [-0.2, 0) is 5.54 Å². The highest BCUT2D eigenvalue weighted by atomic mass is 16.3. The molecule has 32 heavy (non-hydrogen) atoms. The number of aromatic nitrogens is 4. The molecule has 1 saturated heterocycles. The van der Waals surface area contributed by atoms with E-state index < -0.39 is 0 Å². The molecule has 2 aromatic carbocycles. The van der Waals surface area contributed by atoms with E-state index in [4.69, 9.17) is 4.42 Å². The van der Waals surface area contributed by atoms with Crippen molar-refractivity contribution in [3.63, 3.8) is 0 Å². The number of tetrazole rings is 1. The zero-order valence-corrected chi connectivity index (χ0v) is 19.2. The van der Waals surface area contributed by atoms with Gasteiger partial charge in [0.25, 0.3) is 0 Å². The number of anilines is 1. The maximum atomic E-state index is 6.34. The van der Waals surface area contributed by atoms with Crippen molar-refractivity contribution >= 4 is 16.7 Å². The molecule has 166 valence electrons. The molecule has 1 unspecified atom stereocenters.